The van der Waals surface area contributed by atoms with Crippen LogP contribution in [-0.2, 0) is 30.6 Å². The number of nitrogens with zero attached hydrogens (tertiary/aromatic N) is 3. The van der Waals surface area contributed by atoms with E-state index in [9.17, 15) is 18.0 Å². The van der Waals surface area contributed by atoms with Gasteiger partial charge in [0.25, 0.3) is 0 Å². The van der Waals surface area contributed by atoms with Crippen molar-refractivity contribution in [2.75, 3.05) is 0 Å². The van der Waals surface area contributed by atoms with Gasteiger partial charge in [-0.1, -0.05) is 40.2 Å². The van der Waals surface area contributed by atoms with Crippen LogP contribution >= 0.6 is 15.9 Å². The van der Waals surface area contributed by atoms with Gasteiger partial charge in [-0.3, -0.25) is 4.79 Å². The molecule has 0 atom stereocenters. The third kappa shape index (κ3) is 3.69. The third-order valence-corrected chi connectivity index (χ3v) is 5.25. The average Bonchev–Trinajstić information content (AvgIpc) is 3.05. The molecule has 4 nitrogen and oxygen atoms in total. The van der Waals surface area contributed by atoms with Gasteiger partial charge in [0.1, 0.15) is 6.54 Å². The number of aromatic nitrogens is 2. The quantitative estimate of drug-likeness (QED) is 0.571. The van der Waals surface area contributed by atoms with Crippen LogP contribution in [0.3, 0.4) is 0 Å². The molecule has 3 aromatic rings. The number of hydrogen-bond donors (Lipinski definition) is 0. The lowest BCUT2D eigenvalue weighted by Gasteiger charge is -2.29. The number of benzene rings is 2. The maximum atomic E-state index is 12.7. The fourth-order valence-corrected chi connectivity index (χ4v) is 3.50. The summed E-state index contributed by atoms with van der Waals surface area (Å²) in [4.78, 5) is 18.6. The Bertz CT molecular complexity index is 1010. The van der Waals surface area contributed by atoms with E-state index >= 15 is 0 Å². The average molecular weight is 450 g/mol. The van der Waals surface area contributed by atoms with Crippen molar-refractivity contribution in [2.24, 2.45) is 0 Å². The minimum absolute atomic E-state index is 0.0906. The molecule has 2 heterocycles. The van der Waals surface area contributed by atoms with Gasteiger partial charge in [-0.2, -0.15) is 13.2 Å². The van der Waals surface area contributed by atoms with Gasteiger partial charge in [0.05, 0.1) is 29.8 Å². The molecule has 0 N–H and O–H groups in total. The summed E-state index contributed by atoms with van der Waals surface area (Å²) >= 11 is 3.41. The molecule has 8 heteroatoms. The Balaban J connectivity index is 1.57. The minimum Gasteiger partial charge on any atom is -0.331 e. The van der Waals surface area contributed by atoms with Crippen LogP contribution in [0, 0.1) is 0 Å². The normalized spacial score (nSPS) is 14.3. The van der Waals surface area contributed by atoms with E-state index in [0.29, 0.717) is 12.1 Å². The molecule has 0 fully saturated rings. The van der Waals surface area contributed by atoms with Gasteiger partial charge in [-0.25, -0.2) is 4.98 Å². The largest absolute Gasteiger partial charge is 0.416 e. The van der Waals surface area contributed by atoms with Gasteiger partial charge in [0, 0.05) is 16.6 Å². The number of carbonyl (C=O) groups is 1. The maximum absolute atomic E-state index is 12.7. The van der Waals surface area contributed by atoms with Crippen molar-refractivity contribution in [2.45, 2.75) is 25.8 Å². The van der Waals surface area contributed by atoms with Crippen LogP contribution in [0.4, 0.5) is 13.2 Å². The predicted molar refractivity (Wildman–Crippen MR) is 101 cm³/mol. The third-order valence-electron chi connectivity index (χ3n) is 4.72. The topological polar surface area (TPSA) is 38.1 Å². The summed E-state index contributed by atoms with van der Waals surface area (Å²) in [7, 11) is 0. The second-order valence-electron chi connectivity index (χ2n) is 6.62. The number of hydrogen-bond acceptors (Lipinski definition) is 2. The highest BCUT2D eigenvalue weighted by Crippen LogP contribution is 2.30. The van der Waals surface area contributed by atoms with E-state index in [1.165, 1.54) is 12.1 Å². The van der Waals surface area contributed by atoms with Gasteiger partial charge in [-0.15, -0.1) is 0 Å². The van der Waals surface area contributed by atoms with Crippen molar-refractivity contribution in [3.8, 4) is 11.3 Å². The molecule has 0 spiro atoms. The van der Waals surface area contributed by atoms with Crippen molar-refractivity contribution in [3.05, 3.63) is 76.2 Å². The van der Waals surface area contributed by atoms with E-state index in [0.717, 1.165) is 33.6 Å². The van der Waals surface area contributed by atoms with Crippen LogP contribution in [0.15, 0.2) is 59.3 Å². The Morgan fingerprint density at radius 1 is 1.00 bits per heavy atom. The Kier molecular flexibility index (Phi) is 4.74. The van der Waals surface area contributed by atoms with Crippen LogP contribution in [0.25, 0.3) is 11.3 Å². The van der Waals surface area contributed by atoms with Gasteiger partial charge in [-0.05, 0) is 29.8 Å². The standard InChI is InChI=1S/C20H15BrF3N3O/c21-16-7-3-14(4-8-16)19-17-10-26(18(28)11-27(17)12-25-19)9-13-1-5-15(6-2-13)20(22,23)24/h1-8,12H,9-11H2. The molecule has 1 aliphatic rings. The first-order valence-corrected chi connectivity index (χ1v) is 9.34. The molecule has 0 bridgehead atoms. The SMILES string of the molecule is O=C1Cn2cnc(-c3ccc(Br)cc3)c2CN1Cc1ccc(C(F)(F)F)cc1. The first-order valence-electron chi connectivity index (χ1n) is 8.55. The molecule has 1 aromatic heterocycles. The van der Waals surface area contributed by atoms with Crippen molar-refractivity contribution in [1.82, 2.24) is 14.5 Å². The molecule has 1 amide bonds. The molecule has 0 aliphatic carbocycles. The number of carbonyl (C=O) groups excluding carboxylic acids is 1. The molecule has 4 rings (SSSR count). The number of imidazole rings is 1. The summed E-state index contributed by atoms with van der Waals surface area (Å²) in [6.45, 7) is 0.771. The minimum atomic E-state index is -4.37. The van der Waals surface area contributed by atoms with E-state index in [-0.39, 0.29) is 19.0 Å². The highest BCUT2D eigenvalue weighted by Gasteiger charge is 2.30. The molecule has 0 saturated heterocycles. The molecule has 0 unspecified atom stereocenters. The Labute approximate surface area is 167 Å². The van der Waals surface area contributed by atoms with Crippen molar-refractivity contribution >= 4 is 21.8 Å². The lowest BCUT2D eigenvalue weighted by atomic mass is 10.1. The predicted octanol–water partition coefficient (Wildman–Crippen LogP) is 4.87. The zero-order valence-corrected chi connectivity index (χ0v) is 16.2. The summed E-state index contributed by atoms with van der Waals surface area (Å²) in [5.41, 5.74) is 2.61. The highest BCUT2D eigenvalue weighted by molar-refractivity contribution is 9.10. The van der Waals surface area contributed by atoms with Gasteiger partial charge < -0.3 is 9.47 Å². The number of amides is 1. The molecule has 144 valence electrons. The molecule has 2 aromatic carbocycles. The van der Waals surface area contributed by atoms with E-state index < -0.39 is 11.7 Å². The highest BCUT2D eigenvalue weighted by atomic mass is 79.9. The maximum Gasteiger partial charge on any atom is 0.416 e. The second kappa shape index (κ2) is 7.09. The van der Waals surface area contributed by atoms with Crippen LogP contribution in [0.5, 0.6) is 0 Å². The van der Waals surface area contributed by atoms with E-state index in [1.54, 1.807) is 11.2 Å². The van der Waals surface area contributed by atoms with Crippen molar-refractivity contribution in [3.63, 3.8) is 0 Å². The van der Waals surface area contributed by atoms with Crippen LogP contribution in [0.1, 0.15) is 16.8 Å². The lowest BCUT2D eigenvalue weighted by Crippen LogP contribution is -2.38. The summed E-state index contributed by atoms with van der Waals surface area (Å²) in [6, 6.07) is 12.7. The van der Waals surface area contributed by atoms with Gasteiger partial charge >= 0.3 is 6.18 Å². The molecular formula is C20H15BrF3N3O. The summed E-state index contributed by atoms with van der Waals surface area (Å²) in [5.74, 6) is -0.0906. The first-order chi connectivity index (χ1) is 13.3. The molecule has 0 radical (unpaired) electrons. The van der Waals surface area contributed by atoms with Crippen molar-refractivity contribution < 1.29 is 18.0 Å². The number of halogens is 4. The van der Waals surface area contributed by atoms with Crippen LogP contribution in [-0.4, -0.2) is 20.4 Å². The van der Waals surface area contributed by atoms with Gasteiger partial charge in [0.2, 0.25) is 5.91 Å². The number of alkyl halides is 3. The Morgan fingerprint density at radius 2 is 1.68 bits per heavy atom. The smallest absolute Gasteiger partial charge is 0.331 e. The summed E-state index contributed by atoms with van der Waals surface area (Å²) in [5, 5.41) is 0. The van der Waals surface area contributed by atoms with Gasteiger partial charge in [0.15, 0.2) is 0 Å². The summed E-state index contributed by atoms with van der Waals surface area (Å²) < 4.78 is 41.0. The van der Waals surface area contributed by atoms with Crippen molar-refractivity contribution in [1.29, 1.82) is 0 Å². The molecule has 1 aliphatic heterocycles. The lowest BCUT2D eigenvalue weighted by molar-refractivity contribution is -0.138. The summed E-state index contributed by atoms with van der Waals surface area (Å²) in [6.07, 6.45) is -2.72. The zero-order chi connectivity index (χ0) is 19.9. The van der Waals surface area contributed by atoms with Crippen LogP contribution < -0.4 is 0 Å². The molecular weight excluding hydrogens is 435 g/mol. The van der Waals surface area contributed by atoms with E-state index in [1.807, 2.05) is 28.8 Å². The van der Waals surface area contributed by atoms with E-state index in [2.05, 4.69) is 20.9 Å². The monoisotopic (exact) mass is 449 g/mol. The Hall–Kier alpha value is -2.61. The molecule has 28 heavy (non-hydrogen) atoms. The fraction of sp³-hybridized carbons (Fsp3) is 0.200. The second-order valence-corrected chi connectivity index (χ2v) is 7.53. The first kappa shape index (κ1) is 18.7. The zero-order valence-electron chi connectivity index (χ0n) is 14.6. The number of rotatable bonds is 3. The number of fused-ring (bicyclic) bond motifs is 1. The molecule has 0 saturated carbocycles. The van der Waals surface area contributed by atoms with Crippen LogP contribution in [0.2, 0.25) is 0 Å². The fourth-order valence-electron chi connectivity index (χ4n) is 3.24. The van der Waals surface area contributed by atoms with E-state index in [4.69, 9.17) is 0 Å². The Morgan fingerprint density at radius 3 is 2.32 bits per heavy atom.